The van der Waals surface area contributed by atoms with E-state index in [0.29, 0.717) is 11.3 Å². The number of carbonyl (C=O) groups is 4. The molecule has 1 aromatic rings. The summed E-state index contributed by atoms with van der Waals surface area (Å²) in [7, 11) is 3.11. The normalized spacial score (nSPS) is 28.4. The number of phenolic OH excluding ortho intramolecular Hbond substituents is 1. The van der Waals surface area contributed by atoms with Crippen LogP contribution >= 0.6 is 0 Å². The van der Waals surface area contributed by atoms with Crippen molar-refractivity contribution in [2.75, 3.05) is 19.4 Å². The number of benzene rings is 1. The number of rotatable bonds is 3. The Morgan fingerprint density at radius 3 is 2.38 bits per heavy atom. The van der Waals surface area contributed by atoms with Crippen LogP contribution in [-0.4, -0.2) is 74.4 Å². The molecule has 11 heteroatoms. The van der Waals surface area contributed by atoms with Crippen LogP contribution in [0.1, 0.15) is 29.3 Å². The van der Waals surface area contributed by atoms with Crippen LogP contribution in [0.3, 0.4) is 0 Å². The largest absolute Gasteiger partial charge is 0.510 e. The van der Waals surface area contributed by atoms with Crippen molar-refractivity contribution in [1.29, 1.82) is 0 Å². The first-order valence-corrected chi connectivity index (χ1v) is 10.6. The number of aliphatic hydroxyl groups is 3. The predicted molar refractivity (Wildman–Crippen MR) is 118 cm³/mol. The molecule has 3 aliphatic carbocycles. The third-order valence-electron chi connectivity index (χ3n) is 6.92. The Balaban J connectivity index is 1.95. The van der Waals surface area contributed by atoms with Crippen LogP contribution in [0.4, 0.5) is 5.69 Å². The molecule has 4 rings (SSSR count). The maximum atomic E-state index is 13.5. The van der Waals surface area contributed by atoms with E-state index in [0.717, 1.165) is 0 Å². The number of aliphatic hydroxyl groups excluding tert-OH is 2. The summed E-state index contributed by atoms with van der Waals surface area (Å²) < 4.78 is 0. The van der Waals surface area contributed by atoms with E-state index in [-0.39, 0.29) is 29.9 Å². The lowest BCUT2D eigenvalue weighted by Crippen LogP contribution is -2.63. The first-order valence-electron chi connectivity index (χ1n) is 10.6. The van der Waals surface area contributed by atoms with Gasteiger partial charge >= 0.3 is 0 Å². The molecule has 1 aromatic carbocycles. The van der Waals surface area contributed by atoms with Crippen molar-refractivity contribution in [3.63, 3.8) is 0 Å². The lowest BCUT2D eigenvalue weighted by Gasteiger charge is -2.50. The van der Waals surface area contributed by atoms with Crippen molar-refractivity contribution in [2.45, 2.75) is 31.4 Å². The first kappa shape index (κ1) is 23.5. The number of amides is 2. The zero-order valence-corrected chi connectivity index (χ0v) is 18.7. The van der Waals surface area contributed by atoms with Crippen molar-refractivity contribution in [1.82, 2.24) is 4.90 Å². The van der Waals surface area contributed by atoms with Gasteiger partial charge in [-0.25, -0.2) is 0 Å². The van der Waals surface area contributed by atoms with Gasteiger partial charge in [0, 0.05) is 24.1 Å². The van der Waals surface area contributed by atoms with Gasteiger partial charge in [0.15, 0.2) is 11.4 Å². The van der Waals surface area contributed by atoms with E-state index in [2.05, 4.69) is 5.32 Å². The number of hydrogen-bond acceptors (Lipinski definition) is 9. The molecule has 0 fully saturated rings. The number of ketones is 2. The molecule has 11 nitrogen and oxygen atoms in total. The molecule has 0 radical (unpaired) electrons. The van der Waals surface area contributed by atoms with Crippen LogP contribution in [0, 0.1) is 11.8 Å². The molecule has 0 aromatic heterocycles. The van der Waals surface area contributed by atoms with Crippen molar-refractivity contribution in [3.05, 3.63) is 45.9 Å². The van der Waals surface area contributed by atoms with Gasteiger partial charge in [-0.1, -0.05) is 0 Å². The second kappa shape index (κ2) is 7.67. The van der Waals surface area contributed by atoms with Crippen LogP contribution in [0.2, 0.25) is 0 Å². The molecular formula is C23H25N3O8. The summed E-state index contributed by atoms with van der Waals surface area (Å²) in [4.78, 5) is 51.8. The number of Topliss-reactive ketones (excluding diaryl/α,β-unsaturated/α-hetero) is 2. The molecule has 34 heavy (non-hydrogen) atoms. The fraction of sp³-hybridized carbons (Fsp3) is 0.391. The summed E-state index contributed by atoms with van der Waals surface area (Å²) in [6.07, 6.45) is 0.0689. The molecule has 0 bridgehead atoms. The topological polar surface area (TPSA) is 190 Å². The third kappa shape index (κ3) is 3.04. The number of nitrogens with one attached hydrogen (secondary N) is 1. The number of allylic oxidation sites excluding steroid dienone is 1. The average Bonchev–Trinajstić information content (AvgIpc) is 2.72. The van der Waals surface area contributed by atoms with Crippen LogP contribution in [0.25, 0.3) is 0 Å². The van der Waals surface area contributed by atoms with E-state index in [9.17, 15) is 39.6 Å². The van der Waals surface area contributed by atoms with E-state index >= 15 is 0 Å². The second-order valence-electron chi connectivity index (χ2n) is 9.13. The molecule has 0 unspecified atom stereocenters. The summed E-state index contributed by atoms with van der Waals surface area (Å²) in [6.45, 7) is 1.29. The molecule has 7 N–H and O–H groups in total. The fourth-order valence-electron chi connectivity index (χ4n) is 5.56. The zero-order valence-electron chi connectivity index (χ0n) is 18.7. The monoisotopic (exact) mass is 471 g/mol. The second-order valence-corrected chi connectivity index (χ2v) is 9.13. The summed E-state index contributed by atoms with van der Waals surface area (Å²) in [5, 5.41) is 46.4. The van der Waals surface area contributed by atoms with Gasteiger partial charge in [-0.2, -0.15) is 0 Å². The molecule has 0 spiro atoms. The number of carbonyl (C=O) groups excluding carboxylic acids is 4. The Morgan fingerprint density at radius 1 is 1.18 bits per heavy atom. The van der Waals surface area contributed by atoms with E-state index in [1.54, 1.807) is 14.1 Å². The summed E-state index contributed by atoms with van der Waals surface area (Å²) >= 11 is 0. The molecular weight excluding hydrogens is 446 g/mol. The number of nitrogens with zero attached hydrogens (tertiary/aromatic N) is 1. The van der Waals surface area contributed by atoms with E-state index in [1.807, 2.05) is 0 Å². The van der Waals surface area contributed by atoms with E-state index in [4.69, 9.17) is 5.73 Å². The lowest BCUT2D eigenvalue weighted by molar-refractivity contribution is -0.148. The number of nitrogens with two attached hydrogens (primary N) is 1. The molecule has 0 saturated carbocycles. The minimum Gasteiger partial charge on any atom is -0.510 e. The Kier molecular flexibility index (Phi) is 5.29. The lowest BCUT2D eigenvalue weighted by atomic mass is 9.58. The SMILES string of the molecule is CC(=O)Nc1ccc(O)c2c1C[C@H]1C[C@H]3[C@H](N(C)C)C(O)=C(C(N)=O)C(=O)[C@@]3(O)C(O)=C1C2=O. The third-order valence-corrected chi connectivity index (χ3v) is 6.92. The Hall–Kier alpha value is -3.70. The zero-order chi connectivity index (χ0) is 25.3. The van der Waals surface area contributed by atoms with Gasteiger partial charge in [0.25, 0.3) is 5.91 Å². The smallest absolute Gasteiger partial charge is 0.255 e. The molecule has 2 amide bonds. The van der Waals surface area contributed by atoms with Crippen LogP contribution in [0.15, 0.2) is 34.8 Å². The average molecular weight is 471 g/mol. The Labute approximate surface area is 194 Å². The van der Waals surface area contributed by atoms with Crippen LogP contribution in [-0.2, 0) is 20.8 Å². The standard InChI is InChI=1S/C23H25N3O8/c1-8(27)25-12-4-5-13(28)15-10(12)6-9-7-11-17(26(2)3)19(30)16(22(24)33)21(32)23(11,34)20(31)14(9)18(15)29/h4-5,9,11,17,28,30-31,34H,6-7H2,1-3H3,(H2,24,33)(H,25,27)/t9-,11-,17-,23-/m0/s1. The predicted octanol–water partition coefficient (Wildman–Crippen LogP) is 0.0790. The Morgan fingerprint density at radius 2 is 1.82 bits per heavy atom. The van der Waals surface area contributed by atoms with Gasteiger partial charge in [-0.15, -0.1) is 0 Å². The summed E-state index contributed by atoms with van der Waals surface area (Å²) in [6, 6.07) is 1.61. The number of hydrogen-bond donors (Lipinski definition) is 6. The Bertz CT molecular complexity index is 1230. The number of phenols is 1. The van der Waals surface area contributed by atoms with Gasteiger partial charge in [0.2, 0.25) is 11.7 Å². The van der Waals surface area contributed by atoms with Crippen LogP contribution < -0.4 is 11.1 Å². The highest BCUT2D eigenvalue weighted by Gasteiger charge is 2.63. The number of primary amides is 1. The van der Waals surface area contributed by atoms with Crippen molar-refractivity contribution in [3.8, 4) is 5.75 Å². The molecule has 4 atom stereocenters. The molecule has 0 saturated heterocycles. The van der Waals surface area contributed by atoms with E-state index in [1.165, 1.54) is 24.0 Å². The minimum atomic E-state index is -2.69. The summed E-state index contributed by atoms with van der Waals surface area (Å²) in [5.74, 6) is -7.54. The first-order chi connectivity index (χ1) is 15.8. The van der Waals surface area contributed by atoms with Crippen molar-refractivity contribution >= 4 is 29.1 Å². The molecule has 0 heterocycles. The van der Waals surface area contributed by atoms with E-state index < -0.39 is 63.8 Å². The maximum absolute atomic E-state index is 13.5. The van der Waals surface area contributed by atoms with Crippen LogP contribution in [0.5, 0.6) is 5.75 Å². The minimum absolute atomic E-state index is 0.0269. The molecule has 0 aliphatic heterocycles. The highest BCUT2D eigenvalue weighted by molar-refractivity contribution is 6.25. The van der Waals surface area contributed by atoms with Gasteiger partial charge in [-0.3, -0.25) is 24.1 Å². The molecule has 180 valence electrons. The highest BCUT2D eigenvalue weighted by Crippen LogP contribution is 2.52. The van der Waals surface area contributed by atoms with Gasteiger partial charge in [0.05, 0.1) is 11.6 Å². The molecule has 3 aliphatic rings. The number of aromatic hydroxyl groups is 1. The maximum Gasteiger partial charge on any atom is 0.255 e. The summed E-state index contributed by atoms with van der Waals surface area (Å²) in [5.41, 5.74) is 2.01. The van der Waals surface area contributed by atoms with Gasteiger partial charge in [-0.05, 0) is 50.6 Å². The number of anilines is 1. The van der Waals surface area contributed by atoms with Crippen molar-refractivity contribution in [2.24, 2.45) is 17.6 Å². The number of fused-ring (bicyclic) bond motifs is 3. The number of likely N-dealkylation sites (N-methyl/N-ethyl adjacent to an activating group) is 1. The van der Waals surface area contributed by atoms with Gasteiger partial charge < -0.3 is 31.5 Å². The van der Waals surface area contributed by atoms with Crippen molar-refractivity contribution < 1.29 is 39.6 Å². The highest BCUT2D eigenvalue weighted by atomic mass is 16.3. The van der Waals surface area contributed by atoms with Gasteiger partial charge in [0.1, 0.15) is 22.8 Å². The fourth-order valence-corrected chi connectivity index (χ4v) is 5.56. The quantitative estimate of drug-likeness (QED) is 0.262.